The van der Waals surface area contributed by atoms with Gasteiger partial charge in [-0.1, -0.05) is 0 Å². The van der Waals surface area contributed by atoms with Gasteiger partial charge in [0.2, 0.25) is 0 Å². The molecule has 0 saturated carbocycles. The normalized spacial score (nSPS) is 21.4. The number of piperidine rings is 1. The van der Waals surface area contributed by atoms with Gasteiger partial charge < -0.3 is 16.4 Å². The van der Waals surface area contributed by atoms with E-state index in [1.807, 2.05) is 0 Å². The highest BCUT2D eigenvalue weighted by molar-refractivity contribution is 5.85. The molecule has 0 aromatic heterocycles. The van der Waals surface area contributed by atoms with Gasteiger partial charge in [0.15, 0.2) is 0 Å². The summed E-state index contributed by atoms with van der Waals surface area (Å²) in [6.45, 7) is 5.42. The smallest absolute Gasteiger partial charge is 0.0965 e. The highest BCUT2D eigenvalue weighted by atomic mass is 35.5. The molecular formula is C11H21Cl2N3. The summed E-state index contributed by atoms with van der Waals surface area (Å²) in [5, 5.41) is 6.61. The molecule has 2 aliphatic heterocycles. The van der Waals surface area contributed by atoms with Gasteiger partial charge in [0, 0.05) is 6.54 Å². The van der Waals surface area contributed by atoms with E-state index in [4.69, 9.17) is 5.73 Å². The molecule has 1 saturated heterocycles. The largest absolute Gasteiger partial charge is 0.386 e. The van der Waals surface area contributed by atoms with E-state index in [0.29, 0.717) is 0 Å². The zero-order valence-electron chi connectivity index (χ0n) is 9.58. The quantitative estimate of drug-likeness (QED) is 0.675. The first-order chi connectivity index (χ1) is 6.77. The number of halogens is 2. The van der Waals surface area contributed by atoms with Gasteiger partial charge in [0.05, 0.1) is 5.82 Å². The Bertz CT molecular complexity index is 281. The van der Waals surface area contributed by atoms with E-state index in [1.165, 1.54) is 18.4 Å². The van der Waals surface area contributed by atoms with Gasteiger partial charge in [-0.3, -0.25) is 0 Å². The maximum absolute atomic E-state index is 5.72. The van der Waals surface area contributed by atoms with Crippen LogP contribution in [-0.2, 0) is 0 Å². The average molecular weight is 266 g/mol. The van der Waals surface area contributed by atoms with Crippen LogP contribution in [0.4, 0.5) is 0 Å². The molecule has 0 spiro atoms. The van der Waals surface area contributed by atoms with Gasteiger partial charge >= 0.3 is 0 Å². The molecule has 4 N–H and O–H groups in total. The summed E-state index contributed by atoms with van der Waals surface area (Å²) in [6, 6.07) is 0. The van der Waals surface area contributed by atoms with Crippen LogP contribution in [0.3, 0.4) is 0 Å². The van der Waals surface area contributed by atoms with Crippen LogP contribution in [0.25, 0.3) is 0 Å². The SMILES string of the molecule is CC1=C(C2CCNCC2)CNC(N)=C1.Cl.Cl. The fourth-order valence-electron chi connectivity index (χ4n) is 2.35. The molecule has 1 fully saturated rings. The van der Waals surface area contributed by atoms with Crippen LogP contribution < -0.4 is 16.4 Å². The zero-order valence-corrected chi connectivity index (χ0v) is 11.2. The summed E-state index contributed by atoms with van der Waals surface area (Å²) in [5.74, 6) is 1.56. The van der Waals surface area contributed by atoms with Crippen molar-refractivity contribution in [3.8, 4) is 0 Å². The summed E-state index contributed by atoms with van der Waals surface area (Å²) in [4.78, 5) is 0. The number of hydrogen-bond acceptors (Lipinski definition) is 3. The van der Waals surface area contributed by atoms with Crippen LogP contribution in [-0.4, -0.2) is 19.6 Å². The molecule has 0 aliphatic carbocycles. The maximum Gasteiger partial charge on any atom is 0.0965 e. The number of rotatable bonds is 1. The molecule has 0 radical (unpaired) electrons. The van der Waals surface area contributed by atoms with Gasteiger partial charge in [-0.05, 0) is 56.0 Å². The summed E-state index contributed by atoms with van der Waals surface area (Å²) in [7, 11) is 0. The lowest BCUT2D eigenvalue weighted by molar-refractivity contribution is 0.410. The number of allylic oxidation sites excluding steroid dienone is 2. The van der Waals surface area contributed by atoms with Crippen molar-refractivity contribution in [2.75, 3.05) is 19.6 Å². The zero-order chi connectivity index (χ0) is 9.97. The van der Waals surface area contributed by atoms with Gasteiger partial charge in [-0.25, -0.2) is 0 Å². The van der Waals surface area contributed by atoms with Crippen LogP contribution >= 0.6 is 24.8 Å². The predicted octanol–water partition coefficient (Wildman–Crippen LogP) is 1.55. The van der Waals surface area contributed by atoms with Crippen molar-refractivity contribution in [1.29, 1.82) is 0 Å². The Morgan fingerprint density at radius 2 is 1.88 bits per heavy atom. The summed E-state index contributed by atoms with van der Waals surface area (Å²) >= 11 is 0. The lowest BCUT2D eigenvalue weighted by Gasteiger charge is -2.29. The lowest BCUT2D eigenvalue weighted by Crippen LogP contribution is -2.34. The van der Waals surface area contributed by atoms with Gasteiger partial charge in [0.1, 0.15) is 0 Å². The molecule has 2 heterocycles. The Morgan fingerprint density at radius 1 is 1.25 bits per heavy atom. The van der Waals surface area contributed by atoms with Crippen LogP contribution in [0.2, 0.25) is 0 Å². The van der Waals surface area contributed by atoms with Crippen molar-refractivity contribution in [2.24, 2.45) is 11.7 Å². The molecule has 2 rings (SSSR count). The fourth-order valence-corrected chi connectivity index (χ4v) is 2.35. The minimum absolute atomic E-state index is 0. The highest BCUT2D eigenvalue weighted by Crippen LogP contribution is 2.26. The standard InChI is InChI=1S/C11H19N3.2ClH/c1-8-6-11(12)14-7-10(8)9-2-4-13-5-3-9;;/h6,9,13-14H,2-5,7,12H2,1H3;2*1H. The third-order valence-electron chi connectivity index (χ3n) is 3.19. The molecule has 0 aromatic carbocycles. The molecule has 94 valence electrons. The van der Waals surface area contributed by atoms with E-state index in [9.17, 15) is 0 Å². The summed E-state index contributed by atoms with van der Waals surface area (Å²) < 4.78 is 0. The first-order valence-electron chi connectivity index (χ1n) is 5.39. The van der Waals surface area contributed by atoms with Crippen molar-refractivity contribution in [1.82, 2.24) is 10.6 Å². The Kier molecular flexibility index (Phi) is 6.88. The molecule has 5 heteroatoms. The van der Waals surface area contributed by atoms with E-state index in [2.05, 4.69) is 23.6 Å². The fraction of sp³-hybridized carbons (Fsp3) is 0.636. The molecular weight excluding hydrogens is 245 g/mol. The van der Waals surface area contributed by atoms with Crippen LogP contribution in [0.15, 0.2) is 23.0 Å². The van der Waals surface area contributed by atoms with Gasteiger partial charge in [-0.15, -0.1) is 24.8 Å². The molecule has 0 amide bonds. The summed E-state index contributed by atoms with van der Waals surface area (Å²) in [6.07, 6.45) is 4.59. The first kappa shape index (κ1) is 15.6. The average Bonchev–Trinajstić information content (AvgIpc) is 2.19. The minimum atomic E-state index is 0. The van der Waals surface area contributed by atoms with Crippen molar-refractivity contribution in [3.63, 3.8) is 0 Å². The number of dihydropyridines is 1. The Hall–Kier alpha value is -0.380. The molecule has 2 aliphatic rings. The van der Waals surface area contributed by atoms with Crippen molar-refractivity contribution in [2.45, 2.75) is 19.8 Å². The molecule has 0 bridgehead atoms. The maximum atomic E-state index is 5.72. The topological polar surface area (TPSA) is 50.1 Å². The highest BCUT2D eigenvalue weighted by Gasteiger charge is 2.20. The Labute approximate surface area is 110 Å². The second kappa shape index (κ2) is 7.05. The second-order valence-electron chi connectivity index (χ2n) is 4.19. The van der Waals surface area contributed by atoms with Crippen LogP contribution in [0, 0.1) is 5.92 Å². The van der Waals surface area contributed by atoms with Crippen molar-refractivity contribution >= 4 is 24.8 Å². The first-order valence-corrected chi connectivity index (χ1v) is 5.39. The van der Waals surface area contributed by atoms with E-state index in [0.717, 1.165) is 31.4 Å². The van der Waals surface area contributed by atoms with Crippen LogP contribution in [0.1, 0.15) is 19.8 Å². The monoisotopic (exact) mass is 265 g/mol. The minimum Gasteiger partial charge on any atom is -0.386 e. The van der Waals surface area contributed by atoms with E-state index >= 15 is 0 Å². The van der Waals surface area contributed by atoms with Gasteiger partial charge in [-0.2, -0.15) is 0 Å². The molecule has 0 aromatic rings. The Balaban J connectivity index is 0.00000112. The van der Waals surface area contributed by atoms with E-state index < -0.39 is 0 Å². The molecule has 0 unspecified atom stereocenters. The third kappa shape index (κ3) is 3.58. The van der Waals surface area contributed by atoms with E-state index in [-0.39, 0.29) is 24.8 Å². The van der Waals surface area contributed by atoms with Crippen LogP contribution in [0.5, 0.6) is 0 Å². The predicted molar refractivity (Wildman–Crippen MR) is 73.1 cm³/mol. The number of nitrogens with one attached hydrogen (secondary N) is 2. The molecule has 0 atom stereocenters. The van der Waals surface area contributed by atoms with Gasteiger partial charge in [0.25, 0.3) is 0 Å². The number of hydrogen-bond donors (Lipinski definition) is 3. The molecule has 3 nitrogen and oxygen atoms in total. The summed E-state index contributed by atoms with van der Waals surface area (Å²) in [5.41, 5.74) is 8.65. The second-order valence-corrected chi connectivity index (χ2v) is 4.19. The number of nitrogens with two attached hydrogens (primary N) is 1. The third-order valence-corrected chi connectivity index (χ3v) is 3.19. The van der Waals surface area contributed by atoms with E-state index in [1.54, 1.807) is 5.57 Å². The van der Waals surface area contributed by atoms with Crippen molar-refractivity contribution < 1.29 is 0 Å². The Morgan fingerprint density at radius 3 is 2.44 bits per heavy atom. The lowest BCUT2D eigenvalue weighted by atomic mass is 9.86. The molecule has 16 heavy (non-hydrogen) atoms. The van der Waals surface area contributed by atoms with Crippen molar-refractivity contribution in [3.05, 3.63) is 23.0 Å².